The number of benzene rings is 2. The summed E-state index contributed by atoms with van der Waals surface area (Å²) >= 11 is 0. The Morgan fingerprint density at radius 1 is 0.968 bits per heavy atom. The second kappa shape index (κ2) is 8.49. The molecule has 7 nitrogen and oxygen atoms in total. The fourth-order valence-corrected chi connectivity index (χ4v) is 5.24. The van der Waals surface area contributed by atoms with E-state index in [4.69, 9.17) is 0 Å². The van der Waals surface area contributed by atoms with Crippen LogP contribution in [0.25, 0.3) is 0 Å². The van der Waals surface area contributed by atoms with E-state index in [1.54, 1.807) is 53.6 Å². The highest BCUT2D eigenvalue weighted by atomic mass is 32.2. The van der Waals surface area contributed by atoms with Crippen LogP contribution in [0.2, 0.25) is 0 Å². The van der Waals surface area contributed by atoms with E-state index in [1.165, 1.54) is 4.31 Å². The fourth-order valence-electron chi connectivity index (χ4n) is 3.78. The number of pyridine rings is 1. The number of aromatic nitrogens is 1. The largest absolute Gasteiger partial charge is 0.361 e. The molecule has 4 rings (SSSR count). The molecular formula is C23H24N4O3S. The summed E-state index contributed by atoms with van der Waals surface area (Å²) in [6.45, 7) is 4.47. The van der Waals surface area contributed by atoms with Crippen LogP contribution in [0.4, 0.5) is 11.5 Å². The molecule has 1 aliphatic heterocycles. The number of nitrogens with one attached hydrogen (secondary N) is 1. The molecule has 1 amide bonds. The van der Waals surface area contributed by atoms with E-state index in [1.807, 2.05) is 38.1 Å². The lowest BCUT2D eigenvalue weighted by Crippen LogP contribution is -2.33. The lowest BCUT2D eigenvalue weighted by Gasteiger charge is -2.26. The van der Waals surface area contributed by atoms with Gasteiger partial charge in [-0.15, -0.1) is 0 Å². The number of amides is 1. The maximum Gasteiger partial charge on any atom is 0.261 e. The average Bonchev–Trinajstić information content (AvgIpc) is 3.07. The van der Waals surface area contributed by atoms with E-state index in [0.29, 0.717) is 30.2 Å². The van der Waals surface area contributed by atoms with Gasteiger partial charge in [-0.05, 0) is 42.5 Å². The summed E-state index contributed by atoms with van der Waals surface area (Å²) < 4.78 is 26.9. The molecule has 0 spiro atoms. The van der Waals surface area contributed by atoms with Gasteiger partial charge in [-0.2, -0.15) is 4.31 Å². The first-order valence-electron chi connectivity index (χ1n) is 10.2. The molecule has 0 saturated carbocycles. The maximum absolute atomic E-state index is 13.1. The lowest BCUT2D eigenvalue weighted by atomic mass is 10.1. The second-order valence-corrected chi connectivity index (χ2v) is 9.05. The Morgan fingerprint density at radius 3 is 2.29 bits per heavy atom. The van der Waals surface area contributed by atoms with E-state index < -0.39 is 16.2 Å². The summed E-state index contributed by atoms with van der Waals surface area (Å²) in [7, 11) is -3.53. The monoisotopic (exact) mass is 436 g/mol. The van der Waals surface area contributed by atoms with Crippen LogP contribution in [0.1, 0.15) is 35.9 Å². The van der Waals surface area contributed by atoms with Gasteiger partial charge < -0.3 is 5.32 Å². The number of carbonyl (C=O) groups is 1. The first-order valence-corrected chi connectivity index (χ1v) is 11.6. The van der Waals surface area contributed by atoms with E-state index in [-0.39, 0.29) is 10.8 Å². The molecule has 1 N–H and O–H groups in total. The summed E-state index contributed by atoms with van der Waals surface area (Å²) in [5, 5.41) is 3.37. The zero-order valence-electron chi connectivity index (χ0n) is 17.4. The standard InChI is InChI=1S/C23H24N4O3S/c1-3-26(4-2)31(29,30)18-14-12-17(13-15-18)25-22-19-9-5-6-10-20(19)23(28)27(22)21-11-7-8-16-24-21/h5-16,22,25H,3-4H2,1-2H3/t22-/m0/s1. The number of hydrogen-bond donors (Lipinski definition) is 1. The minimum Gasteiger partial charge on any atom is -0.361 e. The molecule has 0 unspecified atom stereocenters. The highest BCUT2D eigenvalue weighted by Gasteiger charge is 2.38. The molecule has 31 heavy (non-hydrogen) atoms. The normalized spacial score (nSPS) is 15.9. The summed E-state index contributed by atoms with van der Waals surface area (Å²) in [5.41, 5.74) is 2.17. The Kier molecular flexibility index (Phi) is 5.75. The van der Waals surface area contributed by atoms with Gasteiger partial charge in [0.05, 0.1) is 4.90 Å². The van der Waals surface area contributed by atoms with Crippen molar-refractivity contribution in [3.63, 3.8) is 0 Å². The van der Waals surface area contributed by atoms with E-state index in [9.17, 15) is 13.2 Å². The summed E-state index contributed by atoms with van der Waals surface area (Å²) in [4.78, 5) is 19.3. The molecule has 8 heteroatoms. The highest BCUT2D eigenvalue weighted by Crippen LogP contribution is 2.37. The predicted octanol–water partition coefficient (Wildman–Crippen LogP) is 3.88. The molecule has 3 aromatic rings. The molecule has 2 heterocycles. The van der Waals surface area contributed by atoms with Crippen LogP contribution < -0.4 is 10.2 Å². The van der Waals surface area contributed by atoms with Gasteiger partial charge in [0.25, 0.3) is 5.91 Å². The van der Waals surface area contributed by atoms with Gasteiger partial charge in [0, 0.05) is 36.1 Å². The minimum absolute atomic E-state index is 0.132. The van der Waals surface area contributed by atoms with Crippen molar-refractivity contribution >= 4 is 27.4 Å². The van der Waals surface area contributed by atoms with Crippen LogP contribution in [0.3, 0.4) is 0 Å². The van der Waals surface area contributed by atoms with Crippen molar-refractivity contribution < 1.29 is 13.2 Å². The molecule has 1 aliphatic rings. The number of rotatable bonds is 7. The highest BCUT2D eigenvalue weighted by molar-refractivity contribution is 7.89. The number of anilines is 2. The van der Waals surface area contributed by atoms with Crippen molar-refractivity contribution in [1.82, 2.24) is 9.29 Å². The van der Waals surface area contributed by atoms with Gasteiger partial charge in [0.1, 0.15) is 12.0 Å². The van der Waals surface area contributed by atoms with Gasteiger partial charge in [0.2, 0.25) is 10.0 Å². The Morgan fingerprint density at radius 2 is 1.65 bits per heavy atom. The molecule has 0 radical (unpaired) electrons. The van der Waals surface area contributed by atoms with Gasteiger partial charge in [-0.1, -0.05) is 38.1 Å². The Hall–Kier alpha value is -3.23. The van der Waals surface area contributed by atoms with Gasteiger partial charge >= 0.3 is 0 Å². The SMILES string of the molecule is CCN(CC)S(=O)(=O)c1ccc(N[C@@H]2c3ccccc3C(=O)N2c2ccccn2)cc1. The predicted molar refractivity (Wildman–Crippen MR) is 120 cm³/mol. The van der Waals surface area contributed by atoms with Crippen LogP contribution in [0.5, 0.6) is 0 Å². The third-order valence-corrected chi connectivity index (χ3v) is 7.42. The van der Waals surface area contributed by atoms with Crippen LogP contribution >= 0.6 is 0 Å². The summed E-state index contributed by atoms with van der Waals surface area (Å²) in [6.07, 6.45) is 1.19. The first kappa shape index (κ1) is 21.0. The van der Waals surface area contributed by atoms with Gasteiger partial charge in [-0.3, -0.25) is 9.69 Å². The number of carbonyl (C=O) groups excluding carboxylic acids is 1. The van der Waals surface area contributed by atoms with E-state index >= 15 is 0 Å². The van der Waals surface area contributed by atoms with Crippen molar-refractivity contribution in [2.24, 2.45) is 0 Å². The average molecular weight is 437 g/mol. The molecule has 2 aromatic carbocycles. The number of fused-ring (bicyclic) bond motifs is 1. The van der Waals surface area contributed by atoms with Crippen LogP contribution in [0.15, 0.2) is 77.8 Å². The molecule has 1 atom stereocenters. The molecule has 160 valence electrons. The molecule has 0 saturated heterocycles. The molecule has 0 aliphatic carbocycles. The van der Waals surface area contributed by atoms with Crippen molar-refractivity contribution in [2.75, 3.05) is 23.3 Å². The quantitative estimate of drug-likeness (QED) is 0.608. The number of sulfonamides is 1. The van der Waals surface area contributed by atoms with Crippen molar-refractivity contribution in [3.8, 4) is 0 Å². The summed E-state index contributed by atoms with van der Waals surface area (Å²) in [6, 6.07) is 19.5. The lowest BCUT2D eigenvalue weighted by molar-refractivity contribution is 0.0992. The van der Waals surface area contributed by atoms with Crippen LogP contribution in [-0.2, 0) is 10.0 Å². The third kappa shape index (κ3) is 3.80. The first-order chi connectivity index (χ1) is 15.0. The Labute approximate surface area is 182 Å². The maximum atomic E-state index is 13.1. The van der Waals surface area contributed by atoms with Crippen LogP contribution in [0, 0.1) is 0 Å². The summed E-state index contributed by atoms with van der Waals surface area (Å²) in [5.74, 6) is 0.412. The van der Waals surface area contributed by atoms with Gasteiger partial charge in [0.15, 0.2) is 0 Å². The van der Waals surface area contributed by atoms with Gasteiger partial charge in [-0.25, -0.2) is 13.4 Å². The number of nitrogens with zero attached hydrogens (tertiary/aromatic N) is 3. The zero-order chi connectivity index (χ0) is 22.0. The molecule has 1 aromatic heterocycles. The number of hydrogen-bond acceptors (Lipinski definition) is 5. The zero-order valence-corrected chi connectivity index (χ0v) is 18.2. The van der Waals surface area contributed by atoms with Crippen LogP contribution in [-0.4, -0.2) is 36.7 Å². The van der Waals surface area contributed by atoms with Crippen molar-refractivity contribution in [2.45, 2.75) is 24.9 Å². The minimum atomic E-state index is -3.53. The fraction of sp³-hybridized carbons (Fsp3) is 0.217. The second-order valence-electron chi connectivity index (χ2n) is 7.11. The van der Waals surface area contributed by atoms with Crippen molar-refractivity contribution in [1.29, 1.82) is 0 Å². The Bertz CT molecular complexity index is 1180. The topological polar surface area (TPSA) is 82.6 Å². The smallest absolute Gasteiger partial charge is 0.261 e. The van der Waals surface area contributed by atoms with Crippen molar-refractivity contribution in [3.05, 3.63) is 84.1 Å². The third-order valence-electron chi connectivity index (χ3n) is 5.36. The van der Waals surface area contributed by atoms with E-state index in [0.717, 1.165) is 5.56 Å². The Balaban J connectivity index is 1.66. The van der Waals surface area contributed by atoms with E-state index in [2.05, 4.69) is 10.3 Å². The molecule has 0 bridgehead atoms. The molecule has 0 fully saturated rings. The molecular weight excluding hydrogens is 412 g/mol.